The van der Waals surface area contributed by atoms with Gasteiger partial charge in [-0.25, -0.2) is 0 Å². The van der Waals surface area contributed by atoms with E-state index in [4.69, 9.17) is 4.42 Å². The molecule has 0 N–H and O–H groups in total. The standard InChI is InChI=1S/C44H27NOS/c1-3-15-28(16-4-1)40-31-20-7-9-22-33(31)42(34-23-10-8-21-32(34)40)45(29-17-5-2-6-18-29)37-27-36-30-19-11-13-25-38(30)46-43(36)41-35-24-12-14-26-39(35)47-44(37)41/h1-27H. The van der Waals surface area contributed by atoms with Crippen molar-refractivity contribution in [1.82, 2.24) is 0 Å². The zero-order valence-electron chi connectivity index (χ0n) is 25.4. The van der Waals surface area contributed by atoms with Crippen LogP contribution in [0.2, 0.25) is 0 Å². The lowest BCUT2D eigenvalue weighted by molar-refractivity contribution is 0.673. The normalized spacial score (nSPS) is 11.8. The number of furan rings is 1. The molecule has 0 bridgehead atoms. The van der Waals surface area contributed by atoms with E-state index in [0.717, 1.165) is 33.3 Å². The largest absolute Gasteiger partial charge is 0.455 e. The number of benzene rings is 8. The molecule has 0 aliphatic carbocycles. The average molecular weight is 618 g/mol. The van der Waals surface area contributed by atoms with Crippen LogP contribution in [0.4, 0.5) is 17.1 Å². The van der Waals surface area contributed by atoms with Gasteiger partial charge < -0.3 is 9.32 Å². The highest BCUT2D eigenvalue weighted by molar-refractivity contribution is 7.26. The van der Waals surface area contributed by atoms with Gasteiger partial charge >= 0.3 is 0 Å². The molecule has 220 valence electrons. The van der Waals surface area contributed by atoms with Crippen LogP contribution in [0.3, 0.4) is 0 Å². The molecule has 0 aliphatic rings. The fraction of sp³-hybridized carbons (Fsp3) is 0. The summed E-state index contributed by atoms with van der Waals surface area (Å²) in [6.45, 7) is 0. The molecule has 2 heterocycles. The average Bonchev–Trinajstić information content (AvgIpc) is 3.71. The quantitative estimate of drug-likeness (QED) is 0.183. The summed E-state index contributed by atoms with van der Waals surface area (Å²) in [5, 5.41) is 9.53. The van der Waals surface area contributed by atoms with Crippen molar-refractivity contribution in [2.24, 2.45) is 0 Å². The highest BCUT2D eigenvalue weighted by Gasteiger charge is 2.26. The first-order chi connectivity index (χ1) is 23.3. The van der Waals surface area contributed by atoms with Gasteiger partial charge in [0.05, 0.1) is 16.1 Å². The molecule has 0 saturated carbocycles. The van der Waals surface area contributed by atoms with Gasteiger partial charge in [-0.05, 0) is 52.2 Å². The monoisotopic (exact) mass is 617 g/mol. The van der Waals surface area contributed by atoms with Gasteiger partial charge in [0.2, 0.25) is 0 Å². The maximum atomic E-state index is 6.67. The Kier molecular flexibility index (Phi) is 5.78. The Hall–Kier alpha value is -5.90. The lowest BCUT2D eigenvalue weighted by Crippen LogP contribution is -2.11. The molecule has 0 fully saturated rings. The summed E-state index contributed by atoms with van der Waals surface area (Å²) in [6, 6.07) is 58.9. The smallest absolute Gasteiger partial charge is 0.144 e. The van der Waals surface area contributed by atoms with Crippen molar-refractivity contribution in [3.63, 3.8) is 0 Å². The van der Waals surface area contributed by atoms with Crippen LogP contribution in [0.1, 0.15) is 0 Å². The summed E-state index contributed by atoms with van der Waals surface area (Å²) in [5.41, 5.74) is 7.77. The van der Waals surface area contributed by atoms with Gasteiger partial charge in [0.15, 0.2) is 0 Å². The zero-order valence-corrected chi connectivity index (χ0v) is 26.2. The number of rotatable bonds is 4. The van der Waals surface area contributed by atoms with Crippen molar-refractivity contribution in [1.29, 1.82) is 0 Å². The Balaban J connectivity index is 1.42. The fourth-order valence-corrected chi connectivity index (χ4v) is 8.65. The second-order valence-corrected chi connectivity index (χ2v) is 13.1. The summed E-state index contributed by atoms with van der Waals surface area (Å²) in [7, 11) is 0. The first-order valence-electron chi connectivity index (χ1n) is 15.9. The van der Waals surface area contributed by atoms with Crippen LogP contribution in [0.25, 0.3) is 74.8 Å². The topological polar surface area (TPSA) is 16.4 Å². The number of anilines is 3. The van der Waals surface area contributed by atoms with Crippen LogP contribution in [-0.2, 0) is 0 Å². The van der Waals surface area contributed by atoms with Crippen LogP contribution in [0.15, 0.2) is 168 Å². The minimum absolute atomic E-state index is 0.908. The second-order valence-electron chi connectivity index (χ2n) is 12.0. The number of nitrogens with zero attached hydrogens (tertiary/aromatic N) is 1. The third-order valence-electron chi connectivity index (χ3n) is 9.41. The third-order valence-corrected chi connectivity index (χ3v) is 10.6. The first-order valence-corrected chi connectivity index (χ1v) is 16.8. The molecule has 2 aromatic heterocycles. The molecule has 10 rings (SSSR count). The SMILES string of the molecule is c1ccc(-c2c3ccccc3c(N(c3ccccc3)c3cc4c5ccccc5oc4c4c3sc3ccccc34)c3ccccc23)cc1. The van der Waals surface area contributed by atoms with E-state index in [9.17, 15) is 0 Å². The molecule has 0 aliphatic heterocycles. The van der Waals surface area contributed by atoms with E-state index in [1.807, 2.05) is 11.3 Å². The van der Waals surface area contributed by atoms with Gasteiger partial charge in [-0.15, -0.1) is 11.3 Å². The van der Waals surface area contributed by atoms with E-state index in [1.54, 1.807) is 0 Å². The molecule has 2 nitrogen and oxygen atoms in total. The Labute approximate surface area is 275 Å². The maximum Gasteiger partial charge on any atom is 0.144 e. The zero-order chi connectivity index (χ0) is 30.9. The molecule has 0 radical (unpaired) electrons. The van der Waals surface area contributed by atoms with E-state index < -0.39 is 0 Å². The van der Waals surface area contributed by atoms with E-state index in [2.05, 4.69) is 169 Å². The number of fused-ring (bicyclic) bond motifs is 9. The van der Waals surface area contributed by atoms with Crippen molar-refractivity contribution in [2.45, 2.75) is 0 Å². The fourth-order valence-electron chi connectivity index (χ4n) is 7.44. The van der Waals surface area contributed by atoms with Crippen LogP contribution < -0.4 is 4.90 Å². The van der Waals surface area contributed by atoms with Crippen molar-refractivity contribution in [2.75, 3.05) is 4.90 Å². The lowest BCUT2D eigenvalue weighted by atomic mass is 9.90. The summed E-state index contributed by atoms with van der Waals surface area (Å²) in [5.74, 6) is 0. The molecular weight excluding hydrogens is 591 g/mol. The molecule has 3 heteroatoms. The molecule has 0 amide bonds. The van der Waals surface area contributed by atoms with E-state index in [1.165, 1.54) is 58.5 Å². The molecule has 8 aromatic carbocycles. The Morgan fingerprint density at radius 2 is 1.02 bits per heavy atom. The van der Waals surface area contributed by atoms with E-state index in [-0.39, 0.29) is 0 Å². The Morgan fingerprint density at radius 3 is 1.72 bits per heavy atom. The maximum absolute atomic E-state index is 6.67. The minimum atomic E-state index is 0.908. The second kappa shape index (κ2) is 10.3. The van der Waals surface area contributed by atoms with Crippen molar-refractivity contribution in [3.8, 4) is 11.1 Å². The molecule has 0 unspecified atom stereocenters. The number of hydrogen-bond donors (Lipinski definition) is 0. The summed E-state index contributed by atoms with van der Waals surface area (Å²) in [6.07, 6.45) is 0. The van der Waals surface area contributed by atoms with Crippen LogP contribution >= 0.6 is 11.3 Å². The summed E-state index contributed by atoms with van der Waals surface area (Å²) >= 11 is 1.84. The van der Waals surface area contributed by atoms with Gasteiger partial charge in [-0.1, -0.05) is 133 Å². The highest BCUT2D eigenvalue weighted by atomic mass is 32.1. The molecule has 0 spiro atoms. The minimum Gasteiger partial charge on any atom is -0.455 e. The van der Waals surface area contributed by atoms with Crippen molar-refractivity contribution < 1.29 is 4.42 Å². The van der Waals surface area contributed by atoms with Crippen LogP contribution in [0, 0.1) is 0 Å². The molecule has 10 aromatic rings. The van der Waals surface area contributed by atoms with Crippen LogP contribution in [-0.4, -0.2) is 0 Å². The predicted molar refractivity (Wildman–Crippen MR) is 202 cm³/mol. The Bertz CT molecular complexity index is 2740. The molecular formula is C44H27NOS. The number of thiophene rings is 1. The lowest BCUT2D eigenvalue weighted by Gasteiger charge is -2.30. The molecule has 0 saturated heterocycles. The third kappa shape index (κ3) is 3.90. The van der Waals surface area contributed by atoms with Crippen LogP contribution in [0.5, 0.6) is 0 Å². The van der Waals surface area contributed by atoms with Crippen molar-refractivity contribution in [3.05, 3.63) is 164 Å². The summed E-state index contributed by atoms with van der Waals surface area (Å²) in [4.78, 5) is 2.50. The molecule has 47 heavy (non-hydrogen) atoms. The van der Waals surface area contributed by atoms with Crippen molar-refractivity contribution >= 4 is 92.1 Å². The molecule has 0 atom stereocenters. The van der Waals surface area contributed by atoms with Gasteiger partial charge in [0.25, 0.3) is 0 Å². The highest BCUT2D eigenvalue weighted by Crippen LogP contribution is 2.53. The summed E-state index contributed by atoms with van der Waals surface area (Å²) < 4.78 is 9.13. The van der Waals surface area contributed by atoms with Gasteiger partial charge in [0, 0.05) is 42.7 Å². The van der Waals surface area contributed by atoms with Gasteiger partial charge in [-0.2, -0.15) is 0 Å². The van der Waals surface area contributed by atoms with Gasteiger partial charge in [0.1, 0.15) is 11.2 Å². The number of para-hydroxylation sites is 2. The van der Waals surface area contributed by atoms with E-state index in [0.29, 0.717) is 0 Å². The predicted octanol–water partition coefficient (Wildman–Crippen LogP) is 13.4. The first kappa shape index (κ1) is 26.3. The Morgan fingerprint density at radius 1 is 0.468 bits per heavy atom. The number of hydrogen-bond acceptors (Lipinski definition) is 3. The van der Waals surface area contributed by atoms with Gasteiger partial charge in [-0.3, -0.25) is 0 Å². The van der Waals surface area contributed by atoms with E-state index >= 15 is 0 Å².